The van der Waals surface area contributed by atoms with Crippen LogP contribution in [0, 0.1) is 0 Å². The molecule has 8 heteroatoms. The van der Waals surface area contributed by atoms with Crippen LogP contribution in [0.5, 0.6) is 0 Å². The van der Waals surface area contributed by atoms with E-state index in [4.69, 9.17) is 19.5 Å². The predicted octanol–water partition coefficient (Wildman–Crippen LogP) is -0.547. The molecule has 8 nitrogen and oxygen atoms in total. The quantitative estimate of drug-likeness (QED) is 0.268. The number of carbonyl (C=O) groups excluding carboxylic acids is 3. The molecular formula is C12H19N3O5. The minimum atomic E-state index is -2.53. The van der Waals surface area contributed by atoms with Gasteiger partial charge in [0.05, 0.1) is 6.10 Å². The Kier molecular flexibility index (Phi) is 5.80. The van der Waals surface area contributed by atoms with Gasteiger partial charge in [-0.2, -0.15) is 4.79 Å². The van der Waals surface area contributed by atoms with Crippen molar-refractivity contribution in [1.29, 1.82) is 0 Å². The third-order valence-corrected chi connectivity index (χ3v) is 2.15. The van der Waals surface area contributed by atoms with Gasteiger partial charge in [-0.3, -0.25) is 9.59 Å². The van der Waals surface area contributed by atoms with Crippen LogP contribution in [-0.4, -0.2) is 52.0 Å². The number of carbonyl (C=O) groups is 3. The minimum absolute atomic E-state index is 0.212. The number of hydrogen-bond donors (Lipinski definition) is 2. The lowest BCUT2D eigenvalue weighted by Gasteiger charge is -2.19. The summed E-state index contributed by atoms with van der Waals surface area (Å²) in [5, 5.41) is 11.3. The summed E-state index contributed by atoms with van der Waals surface area (Å²) in [6.45, 7) is -0.192. The summed E-state index contributed by atoms with van der Waals surface area (Å²) >= 11 is 0. The van der Waals surface area contributed by atoms with Gasteiger partial charge in [0.15, 0.2) is 0 Å². The topological polar surface area (TPSA) is 129 Å². The second-order valence-corrected chi connectivity index (χ2v) is 4.07. The van der Waals surface area contributed by atoms with Crippen LogP contribution in [0.1, 0.15) is 37.7 Å². The standard InChI is InChI=1S/C12H19N3O5/c1-7(2)20-12(19)10(15-11(18)8(3)16)5-4-9(17)6-14-13/h6-8,10,16H,4-5H2,1-3H3,(H,15,18)/t8-,10-/m0/s1/i1D3/t7?,8-,10-. The zero-order chi connectivity index (χ0) is 18.2. The van der Waals surface area contributed by atoms with Crippen molar-refractivity contribution in [3.05, 3.63) is 5.53 Å². The van der Waals surface area contributed by atoms with E-state index in [1.807, 2.05) is 0 Å². The molecule has 0 fully saturated rings. The molecule has 0 saturated carbocycles. The molecule has 0 rings (SSSR count). The fraction of sp³-hybridized carbons (Fsp3) is 0.667. The summed E-state index contributed by atoms with van der Waals surface area (Å²) in [6, 6.07) is -1.32. The molecule has 0 bridgehead atoms. The fourth-order valence-corrected chi connectivity index (χ4v) is 1.21. The average Bonchev–Trinajstić information content (AvgIpc) is 2.41. The summed E-state index contributed by atoms with van der Waals surface area (Å²) in [5.74, 6) is -2.53. The van der Waals surface area contributed by atoms with Crippen LogP contribution in [0.15, 0.2) is 0 Å². The van der Waals surface area contributed by atoms with Gasteiger partial charge in [0, 0.05) is 10.5 Å². The molecule has 0 aliphatic carbocycles. The highest BCUT2D eigenvalue weighted by Gasteiger charge is 2.25. The molecule has 0 aromatic carbocycles. The first-order valence-electron chi connectivity index (χ1n) is 7.38. The molecule has 0 aliphatic heterocycles. The average molecular weight is 288 g/mol. The van der Waals surface area contributed by atoms with Crippen molar-refractivity contribution in [3.63, 3.8) is 0 Å². The molecule has 20 heavy (non-hydrogen) atoms. The Balaban J connectivity index is 4.95. The third kappa shape index (κ3) is 7.40. The van der Waals surface area contributed by atoms with Gasteiger partial charge in [-0.05, 0) is 27.1 Å². The molecule has 1 unspecified atom stereocenters. The molecule has 2 N–H and O–H groups in total. The van der Waals surface area contributed by atoms with Crippen LogP contribution in [0.3, 0.4) is 0 Å². The number of rotatable bonds is 8. The van der Waals surface area contributed by atoms with E-state index >= 15 is 0 Å². The number of ether oxygens (including phenoxy) is 1. The second-order valence-electron chi connectivity index (χ2n) is 4.07. The minimum Gasteiger partial charge on any atom is -0.461 e. The predicted molar refractivity (Wildman–Crippen MR) is 68.8 cm³/mol. The van der Waals surface area contributed by atoms with E-state index in [0.717, 1.165) is 0 Å². The molecule has 3 atom stereocenters. The van der Waals surface area contributed by atoms with Gasteiger partial charge in [0.2, 0.25) is 11.7 Å². The molecule has 112 valence electrons. The number of amides is 1. The number of aliphatic hydroxyl groups excluding tert-OH is 1. The second kappa shape index (κ2) is 8.95. The molecule has 0 heterocycles. The Morgan fingerprint density at radius 3 is 2.65 bits per heavy atom. The highest BCUT2D eigenvalue weighted by Crippen LogP contribution is 2.03. The number of aliphatic hydroxyl groups is 1. The van der Waals surface area contributed by atoms with Crippen molar-refractivity contribution in [3.8, 4) is 0 Å². The van der Waals surface area contributed by atoms with E-state index in [2.05, 4.69) is 10.1 Å². The summed E-state index contributed by atoms with van der Waals surface area (Å²) in [4.78, 5) is 37.2. The van der Waals surface area contributed by atoms with Crippen LogP contribution >= 0.6 is 0 Å². The largest absolute Gasteiger partial charge is 0.461 e. The Labute approximate surface area is 120 Å². The summed E-state index contributed by atoms with van der Waals surface area (Å²) < 4.78 is 26.2. The van der Waals surface area contributed by atoms with E-state index in [0.29, 0.717) is 6.21 Å². The van der Waals surface area contributed by atoms with Gasteiger partial charge in [0.25, 0.3) is 0 Å². The molecule has 0 aromatic heterocycles. The van der Waals surface area contributed by atoms with Crippen molar-refractivity contribution >= 4 is 23.9 Å². The first-order valence-corrected chi connectivity index (χ1v) is 5.88. The molecule has 0 aliphatic rings. The highest BCUT2D eigenvalue weighted by molar-refractivity contribution is 6.25. The number of esters is 1. The maximum absolute atomic E-state index is 12.0. The maximum Gasteiger partial charge on any atom is 0.328 e. The lowest BCUT2D eigenvalue weighted by Crippen LogP contribution is -2.46. The number of hydrogen-bond acceptors (Lipinski definition) is 5. The number of ketones is 1. The molecule has 1 amide bonds. The first kappa shape index (κ1) is 13.0. The summed E-state index contributed by atoms with van der Waals surface area (Å²) in [5.41, 5.74) is 8.23. The van der Waals surface area contributed by atoms with Crippen LogP contribution in [0.25, 0.3) is 5.53 Å². The van der Waals surface area contributed by atoms with Crippen molar-refractivity contribution in [2.75, 3.05) is 0 Å². The zero-order valence-electron chi connectivity index (χ0n) is 14.2. The lowest BCUT2D eigenvalue weighted by atomic mass is 10.1. The van der Waals surface area contributed by atoms with E-state index < -0.39 is 42.8 Å². The number of Topliss-reactive ketones (excluding diaryl/α,β-unsaturated/α-hetero) is 1. The number of nitrogens with zero attached hydrogens (tertiary/aromatic N) is 2. The highest BCUT2D eigenvalue weighted by atomic mass is 16.5. The van der Waals surface area contributed by atoms with E-state index in [1.165, 1.54) is 13.8 Å². The van der Waals surface area contributed by atoms with Crippen molar-refractivity contribution < 1.29 is 33.1 Å². The Bertz CT molecular complexity index is 501. The normalized spacial score (nSPS) is 17.2. The molecule has 0 spiro atoms. The Morgan fingerprint density at radius 2 is 2.15 bits per heavy atom. The molecule has 0 aromatic rings. The van der Waals surface area contributed by atoms with Crippen LogP contribution in [0.4, 0.5) is 0 Å². The van der Waals surface area contributed by atoms with E-state index in [1.54, 1.807) is 0 Å². The molecule has 0 saturated heterocycles. The van der Waals surface area contributed by atoms with Crippen molar-refractivity contribution in [1.82, 2.24) is 5.32 Å². The monoisotopic (exact) mass is 288 g/mol. The van der Waals surface area contributed by atoms with Gasteiger partial charge in [-0.15, -0.1) is 0 Å². The van der Waals surface area contributed by atoms with Gasteiger partial charge in [-0.1, -0.05) is 0 Å². The SMILES string of the molecule is [2H]C([2H])([2H])C(C)OC(=O)[C@H](CCC(=O)C=[N+]=[N-])NC(=O)[C@H](C)O. The number of nitrogens with one attached hydrogen (secondary N) is 1. The van der Waals surface area contributed by atoms with Crippen molar-refractivity contribution in [2.45, 2.75) is 51.8 Å². The van der Waals surface area contributed by atoms with Crippen molar-refractivity contribution in [2.24, 2.45) is 0 Å². The zero-order valence-corrected chi connectivity index (χ0v) is 11.2. The van der Waals surface area contributed by atoms with E-state index in [9.17, 15) is 14.4 Å². The van der Waals surface area contributed by atoms with Crippen LogP contribution in [0.2, 0.25) is 0 Å². The lowest BCUT2D eigenvalue weighted by molar-refractivity contribution is -0.152. The third-order valence-electron chi connectivity index (χ3n) is 2.15. The first-order chi connectivity index (χ1) is 10.5. The van der Waals surface area contributed by atoms with Crippen LogP contribution < -0.4 is 5.32 Å². The summed E-state index contributed by atoms with van der Waals surface area (Å²) in [7, 11) is 0. The van der Waals surface area contributed by atoms with Gasteiger partial charge in [0.1, 0.15) is 12.1 Å². The van der Waals surface area contributed by atoms with Gasteiger partial charge in [-0.25, -0.2) is 4.79 Å². The molecular weight excluding hydrogens is 266 g/mol. The Hall–Kier alpha value is -2.05. The van der Waals surface area contributed by atoms with Gasteiger partial charge >= 0.3 is 12.2 Å². The van der Waals surface area contributed by atoms with E-state index in [-0.39, 0.29) is 12.8 Å². The van der Waals surface area contributed by atoms with Gasteiger partial charge < -0.3 is 20.7 Å². The van der Waals surface area contributed by atoms with Crippen LogP contribution in [-0.2, 0) is 19.1 Å². The fourth-order valence-electron chi connectivity index (χ4n) is 1.21. The molecule has 0 radical (unpaired) electrons. The summed E-state index contributed by atoms with van der Waals surface area (Å²) in [6.07, 6.45) is -2.65. The maximum atomic E-state index is 12.0. The Morgan fingerprint density at radius 1 is 1.50 bits per heavy atom. The smallest absolute Gasteiger partial charge is 0.328 e.